The zero-order chi connectivity index (χ0) is 11.9. The van der Waals surface area contributed by atoms with Crippen LogP contribution >= 0.6 is 0 Å². The fourth-order valence-electron chi connectivity index (χ4n) is 2.45. The summed E-state index contributed by atoms with van der Waals surface area (Å²) in [7, 11) is 0. The van der Waals surface area contributed by atoms with Gasteiger partial charge < -0.3 is 5.73 Å². The topological polar surface area (TPSA) is 49.8 Å². The number of hydrogen-bond donors (Lipinski definition) is 1. The van der Waals surface area contributed by atoms with Crippen molar-refractivity contribution in [3.05, 3.63) is 48.0 Å². The van der Waals surface area contributed by atoms with Crippen LogP contribution in [0.15, 0.2) is 42.5 Å². The van der Waals surface area contributed by atoms with Crippen LogP contribution in [0.4, 0.5) is 0 Å². The molecule has 1 aliphatic carbocycles. The monoisotopic (exact) mass is 222 g/mol. The molecule has 0 heterocycles. The minimum atomic E-state index is -0.315. The van der Waals surface area contributed by atoms with Crippen LogP contribution < -0.4 is 5.73 Å². The zero-order valence-electron chi connectivity index (χ0n) is 9.56. The molecule has 2 nitrogen and oxygen atoms in total. The first-order valence-corrected chi connectivity index (χ1v) is 5.91. The highest BCUT2D eigenvalue weighted by molar-refractivity contribution is 5.86. The van der Waals surface area contributed by atoms with Gasteiger partial charge in [0, 0.05) is 6.04 Å². The van der Waals surface area contributed by atoms with Crippen molar-refractivity contribution in [1.82, 2.24) is 0 Å². The molecule has 1 atom stereocenters. The summed E-state index contributed by atoms with van der Waals surface area (Å²) in [5.41, 5.74) is 7.07. The summed E-state index contributed by atoms with van der Waals surface area (Å²) in [4.78, 5) is 0. The van der Waals surface area contributed by atoms with Crippen LogP contribution in [-0.2, 0) is 0 Å². The smallest absolute Gasteiger partial charge is 0.0767 e. The van der Waals surface area contributed by atoms with Crippen LogP contribution in [0.1, 0.15) is 24.4 Å². The molecule has 2 aromatic rings. The number of hydrogen-bond acceptors (Lipinski definition) is 2. The Hall–Kier alpha value is -1.85. The lowest BCUT2D eigenvalue weighted by atomic mass is 9.89. The van der Waals surface area contributed by atoms with E-state index >= 15 is 0 Å². The second-order valence-corrected chi connectivity index (χ2v) is 4.81. The normalized spacial score (nSPS) is 18.6. The molecule has 2 heteroatoms. The predicted octanol–water partition coefficient (Wildman–Crippen LogP) is 3.14. The standard InChI is InChI=1S/C15H14N2/c16-10-15(8-9-15)14(17)13-7-3-5-11-4-1-2-6-12(11)13/h1-7,14H,8-9,17H2. The number of fused-ring (bicyclic) bond motifs is 1. The molecule has 1 aliphatic rings. The summed E-state index contributed by atoms with van der Waals surface area (Å²) in [6.45, 7) is 0. The van der Waals surface area contributed by atoms with Crippen LogP contribution in [-0.4, -0.2) is 0 Å². The van der Waals surface area contributed by atoms with Gasteiger partial charge in [-0.3, -0.25) is 0 Å². The number of rotatable bonds is 2. The fraction of sp³-hybridized carbons (Fsp3) is 0.267. The lowest BCUT2D eigenvalue weighted by Crippen LogP contribution is -2.21. The quantitative estimate of drug-likeness (QED) is 0.848. The second kappa shape index (κ2) is 3.58. The molecule has 1 saturated carbocycles. The first-order chi connectivity index (χ1) is 8.27. The van der Waals surface area contributed by atoms with Crippen molar-refractivity contribution in [3.8, 4) is 6.07 Å². The highest BCUT2D eigenvalue weighted by atomic mass is 14.7. The molecule has 1 fully saturated rings. The summed E-state index contributed by atoms with van der Waals surface area (Å²) >= 11 is 0. The summed E-state index contributed by atoms with van der Waals surface area (Å²) in [5.74, 6) is 0. The summed E-state index contributed by atoms with van der Waals surface area (Å²) in [5, 5.41) is 11.6. The summed E-state index contributed by atoms with van der Waals surface area (Å²) in [6.07, 6.45) is 1.85. The van der Waals surface area contributed by atoms with E-state index in [0.717, 1.165) is 18.4 Å². The van der Waals surface area contributed by atoms with Crippen molar-refractivity contribution >= 4 is 10.8 Å². The molecule has 2 N–H and O–H groups in total. The van der Waals surface area contributed by atoms with Gasteiger partial charge in [0.1, 0.15) is 0 Å². The first kappa shape index (κ1) is 10.3. The van der Waals surface area contributed by atoms with Gasteiger partial charge in [-0.05, 0) is 29.2 Å². The van der Waals surface area contributed by atoms with E-state index < -0.39 is 0 Å². The summed E-state index contributed by atoms with van der Waals surface area (Å²) < 4.78 is 0. The number of nitrogens with zero attached hydrogens (tertiary/aromatic N) is 1. The maximum Gasteiger partial charge on any atom is 0.0767 e. The zero-order valence-corrected chi connectivity index (χ0v) is 9.56. The van der Waals surface area contributed by atoms with Crippen LogP contribution in [0.2, 0.25) is 0 Å². The largest absolute Gasteiger partial charge is 0.323 e. The molecule has 0 aliphatic heterocycles. The van der Waals surface area contributed by atoms with Gasteiger partial charge in [-0.1, -0.05) is 42.5 Å². The second-order valence-electron chi connectivity index (χ2n) is 4.81. The third-order valence-corrected chi connectivity index (χ3v) is 3.77. The Balaban J connectivity index is 2.15. The molecule has 0 spiro atoms. The van der Waals surface area contributed by atoms with Crippen LogP contribution in [0, 0.1) is 16.7 Å². The van der Waals surface area contributed by atoms with Crippen molar-refractivity contribution < 1.29 is 0 Å². The first-order valence-electron chi connectivity index (χ1n) is 5.91. The lowest BCUT2D eigenvalue weighted by molar-refractivity contribution is 0.522. The highest BCUT2D eigenvalue weighted by Crippen LogP contribution is 2.53. The van der Waals surface area contributed by atoms with Gasteiger partial charge in [-0.15, -0.1) is 0 Å². The maximum absolute atomic E-state index is 9.23. The lowest BCUT2D eigenvalue weighted by Gasteiger charge is -2.18. The molecule has 84 valence electrons. The number of benzene rings is 2. The van der Waals surface area contributed by atoms with Gasteiger partial charge in [-0.2, -0.15) is 5.26 Å². The van der Waals surface area contributed by atoms with E-state index in [1.54, 1.807) is 0 Å². The highest BCUT2D eigenvalue weighted by Gasteiger charge is 2.49. The van der Waals surface area contributed by atoms with E-state index in [9.17, 15) is 5.26 Å². The van der Waals surface area contributed by atoms with Crippen LogP contribution in [0.5, 0.6) is 0 Å². The molecule has 17 heavy (non-hydrogen) atoms. The molecular weight excluding hydrogens is 208 g/mol. The van der Waals surface area contributed by atoms with Crippen molar-refractivity contribution in [2.45, 2.75) is 18.9 Å². The molecule has 2 aromatic carbocycles. The minimum absolute atomic E-state index is 0.168. The van der Waals surface area contributed by atoms with E-state index in [0.29, 0.717) is 0 Å². The van der Waals surface area contributed by atoms with Crippen molar-refractivity contribution in [3.63, 3.8) is 0 Å². The van der Waals surface area contributed by atoms with Crippen molar-refractivity contribution in [1.29, 1.82) is 5.26 Å². The third-order valence-electron chi connectivity index (χ3n) is 3.77. The Morgan fingerprint density at radius 3 is 2.53 bits per heavy atom. The third kappa shape index (κ3) is 1.51. The number of nitrogens with two attached hydrogens (primary N) is 1. The van der Waals surface area contributed by atoms with E-state index in [1.807, 2.05) is 24.3 Å². The van der Waals surface area contributed by atoms with Gasteiger partial charge in [-0.25, -0.2) is 0 Å². The molecular formula is C15H14N2. The molecule has 1 unspecified atom stereocenters. The Morgan fingerprint density at radius 1 is 1.12 bits per heavy atom. The Kier molecular flexibility index (Phi) is 2.17. The van der Waals surface area contributed by atoms with Gasteiger partial charge >= 0.3 is 0 Å². The van der Waals surface area contributed by atoms with Gasteiger partial charge in [0.15, 0.2) is 0 Å². The molecule has 0 amide bonds. The molecule has 0 radical (unpaired) electrons. The van der Waals surface area contributed by atoms with Gasteiger partial charge in [0.25, 0.3) is 0 Å². The maximum atomic E-state index is 9.23. The molecule has 0 aromatic heterocycles. The molecule has 0 saturated heterocycles. The van der Waals surface area contributed by atoms with Crippen LogP contribution in [0.3, 0.4) is 0 Å². The van der Waals surface area contributed by atoms with Crippen molar-refractivity contribution in [2.24, 2.45) is 11.1 Å². The van der Waals surface area contributed by atoms with E-state index in [1.165, 1.54) is 10.8 Å². The van der Waals surface area contributed by atoms with Gasteiger partial charge in [0.2, 0.25) is 0 Å². The summed E-state index contributed by atoms with van der Waals surface area (Å²) in [6, 6.07) is 16.6. The predicted molar refractivity (Wildman–Crippen MR) is 68.2 cm³/mol. The molecule has 3 rings (SSSR count). The van der Waals surface area contributed by atoms with E-state index in [4.69, 9.17) is 5.73 Å². The van der Waals surface area contributed by atoms with E-state index in [-0.39, 0.29) is 11.5 Å². The molecule has 0 bridgehead atoms. The van der Waals surface area contributed by atoms with Crippen LogP contribution in [0.25, 0.3) is 10.8 Å². The fourth-order valence-corrected chi connectivity index (χ4v) is 2.45. The minimum Gasteiger partial charge on any atom is -0.323 e. The average molecular weight is 222 g/mol. The SMILES string of the molecule is N#CC1(C(N)c2cccc3ccccc23)CC1. The Bertz CT molecular complexity index is 600. The van der Waals surface area contributed by atoms with Gasteiger partial charge in [0.05, 0.1) is 11.5 Å². The number of nitriles is 1. The Morgan fingerprint density at radius 2 is 1.82 bits per heavy atom. The van der Waals surface area contributed by atoms with Crippen molar-refractivity contribution in [2.75, 3.05) is 0 Å². The Labute approximate surface area is 101 Å². The average Bonchev–Trinajstić information content (AvgIpc) is 3.18. The van der Waals surface area contributed by atoms with E-state index in [2.05, 4.69) is 24.3 Å².